The van der Waals surface area contributed by atoms with E-state index < -0.39 is 11.3 Å². The minimum Gasteiger partial charge on any atom is -0.365 e. The van der Waals surface area contributed by atoms with Crippen molar-refractivity contribution in [2.45, 2.75) is 25.7 Å². The van der Waals surface area contributed by atoms with E-state index in [1.807, 2.05) is 0 Å². The molecule has 2 aliphatic rings. The topological polar surface area (TPSA) is 86.2 Å². The summed E-state index contributed by atoms with van der Waals surface area (Å²) in [6.07, 6.45) is 3.13. The van der Waals surface area contributed by atoms with Crippen molar-refractivity contribution in [3.8, 4) is 0 Å². The van der Waals surface area contributed by atoms with Crippen LogP contribution in [0, 0.1) is 17.3 Å². The number of nitrogens with two attached hydrogens (primary N) is 2. The van der Waals surface area contributed by atoms with Crippen LogP contribution in [-0.2, 0) is 9.59 Å². The minimum atomic E-state index is -0.670. The van der Waals surface area contributed by atoms with E-state index in [0.29, 0.717) is 24.7 Å². The lowest BCUT2D eigenvalue weighted by Gasteiger charge is -2.19. The summed E-state index contributed by atoms with van der Waals surface area (Å²) < 4.78 is 0. The summed E-state index contributed by atoms with van der Waals surface area (Å²) in [5.74, 6) is 0.202. The van der Waals surface area contributed by atoms with Crippen LogP contribution in [-0.4, -0.2) is 11.8 Å². The number of hydrogen-bond donors (Lipinski definition) is 2. The van der Waals surface area contributed by atoms with Crippen molar-refractivity contribution in [1.82, 2.24) is 0 Å². The van der Waals surface area contributed by atoms with Crippen molar-refractivity contribution in [3.05, 3.63) is 5.92 Å². The number of carbonyl (C=O) groups excluding carboxylic acids is 2. The molecule has 4 nitrogen and oxygen atoms in total. The van der Waals surface area contributed by atoms with Gasteiger partial charge in [0.05, 0.1) is 0 Å². The predicted molar refractivity (Wildman–Crippen MR) is 46.0 cm³/mol. The molecule has 2 unspecified atom stereocenters. The van der Waals surface area contributed by atoms with Crippen LogP contribution in [0.5, 0.6) is 0 Å². The Kier molecular flexibility index (Phi) is 1.55. The van der Waals surface area contributed by atoms with Gasteiger partial charge in [0.2, 0.25) is 5.92 Å². The van der Waals surface area contributed by atoms with E-state index in [1.165, 1.54) is 0 Å². The zero-order chi connectivity index (χ0) is 9.64. The van der Waals surface area contributed by atoms with Gasteiger partial charge in [-0.15, -0.1) is 0 Å². The summed E-state index contributed by atoms with van der Waals surface area (Å²) in [4.78, 5) is 22.4. The average Bonchev–Trinajstić information content (AvgIpc) is 2.60. The highest BCUT2D eigenvalue weighted by Gasteiger charge is 2.67. The first-order chi connectivity index (χ1) is 6.06. The zero-order valence-electron chi connectivity index (χ0n) is 7.38. The van der Waals surface area contributed by atoms with Gasteiger partial charge in [0.25, 0.3) is 5.91 Å². The molecule has 2 atom stereocenters. The Labute approximate surface area is 76.6 Å². The molecule has 2 fully saturated rings. The van der Waals surface area contributed by atoms with E-state index >= 15 is 0 Å². The van der Waals surface area contributed by atoms with Crippen LogP contribution < -0.4 is 11.5 Å². The van der Waals surface area contributed by atoms with Crippen molar-refractivity contribution in [1.29, 1.82) is 0 Å². The van der Waals surface area contributed by atoms with Crippen molar-refractivity contribution in [3.63, 3.8) is 0 Å². The lowest BCUT2D eigenvalue weighted by atomic mass is 9.74. The van der Waals surface area contributed by atoms with E-state index in [-0.39, 0.29) is 5.91 Å². The largest absolute Gasteiger partial charge is 0.403 e. The smallest absolute Gasteiger partial charge is 0.365 e. The third-order valence-electron chi connectivity index (χ3n) is 3.46. The van der Waals surface area contributed by atoms with Gasteiger partial charge in [-0.1, -0.05) is 0 Å². The average molecular weight is 181 g/mol. The molecule has 13 heavy (non-hydrogen) atoms. The van der Waals surface area contributed by atoms with Gasteiger partial charge in [-0.25, -0.2) is 4.79 Å². The Balaban J connectivity index is 2.32. The highest BCUT2D eigenvalue weighted by molar-refractivity contribution is 5.99. The highest BCUT2D eigenvalue weighted by Crippen LogP contribution is 2.58. The Morgan fingerprint density at radius 3 is 2.46 bits per heavy atom. The fraction of sp³-hybridized carbons (Fsp3) is 0.667. The first kappa shape index (κ1) is 8.41. The summed E-state index contributed by atoms with van der Waals surface area (Å²) in [5, 5.41) is 0. The third kappa shape index (κ3) is 0.944. The maximum atomic E-state index is 11.3. The summed E-state index contributed by atoms with van der Waals surface area (Å²) >= 11 is 0. The standard InChI is InChI=1S/C9H12N2O2/c10-7(12)6-3-5-1-2-9(6,4-5)8(11)13/h5H,1-4H2,(H3-,10,11,12,13)/p+1. The van der Waals surface area contributed by atoms with Gasteiger partial charge in [0.15, 0.2) is 5.41 Å². The molecule has 2 amide bonds. The number of fused-ring (bicyclic) bond motifs is 2. The Morgan fingerprint density at radius 2 is 2.08 bits per heavy atom. The van der Waals surface area contributed by atoms with Crippen LogP contribution in [0.15, 0.2) is 0 Å². The molecule has 2 saturated carbocycles. The molecule has 0 aromatic heterocycles. The maximum absolute atomic E-state index is 11.3. The van der Waals surface area contributed by atoms with Gasteiger partial charge in [-0.3, -0.25) is 4.79 Å². The molecule has 2 rings (SSSR count). The molecular formula is C9H13N2O2+. The molecule has 4 N–H and O–H groups in total. The van der Waals surface area contributed by atoms with E-state index in [2.05, 4.69) is 0 Å². The van der Waals surface area contributed by atoms with E-state index in [9.17, 15) is 9.59 Å². The van der Waals surface area contributed by atoms with Crippen molar-refractivity contribution >= 4 is 11.8 Å². The van der Waals surface area contributed by atoms with Crippen LogP contribution in [0.25, 0.3) is 0 Å². The molecule has 2 aliphatic carbocycles. The van der Waals surface area contributed by atoms with Crippen LogP contribution >= 0.6 is 0 Å². The molecule has 0 saturated heterocycles. The van der Waals surface area contributed by atoms with Gasteiger partial charge in [0.1, 0.15) is 6.42 Å². The number of hydrogen-bond acceptors (Lipinski definition) is 2. The van der Waals surface area contributed by atoms with Crippen molar-refractivity contribution in [2.75, 3.05) is 0 Å². The van der Waals surface area contributed by atoms with Gasteiger partial charge >= 0.3 is 5.91 Å². The molecule has 0 spiro atoms. The molecule has 0 heterocycles. The summed E-state index contributed by atoms with van der Waals surface area (Å²) in [5.41, 5.74) is 9.88. The molecule has 2 bridgehead atoms. The molecule has 0 aromatic carbocycles. The first-order valence-corrected chi connectivity index (χ1v) is 4.52. The second-order valence-electron chi connectivity index (χ2n) is 4.10. The molecule has 4 heteroatoms. The minimum absolute atomic E-state index is 0.374. The molecule has 70 valence electrons. The lowest BCUT2D eigenvalue weighted by molar-refractivity contribution is -0.129. The third-order valence-corrected chi connectivity index (χ3v) is 3.46. The van der Waals surface area contributed by atoms with Gasteiger partial charge in [0, 0.05) is 18.8 Å². The van der Waals surface area contributed by atoms with Gasteiger partial charge in [-0.05, 0) is 6.42 Å². The number of rotatable bonds is 2. The fourth-order valence-electron chi connectivity index (χ4n) is 2.79. The van der Waals surface area contributed by atoms with E-state index in [1.54, 1.807) is 0 Å². The van der Waals surface area contributed by atoms with Gasteiger partial charge in [-0.2, -0.15) is 0 Å². The number of amides is 2. The fourth-order valence-corrected chi connectivity index (χ4v) is 2.79. The van der Waals surface area contributed by atoms with Crippen LogP contribution in [0.1, 0.15) is 25.7 Å². The lowest BCUT2D eigenvalue weighted by Crippen LogP contribution is -2.43. The predicted octanol–water partition coefficient (Wildman–Crippen LogP) is -0.278. The normalized spacial score (nSPS) is 36.6. The van der Waals surface area contributed by atoms with E-state index in [0.717, 1.165) is 12.8 Å². The van der Waals surface area contributed by atoms with Crippen molar-refractivity contribution in [2.24, 2.45) is 22.8 Å². The van der Waals surface area contributed by atoms with Crippen LogP contribution in [0.4, 0.5) is 0 Å². The molecule has 0 aromatic rings. The van der Waals surface area contributed by atoms with Crippen LogP contribution in [0.3, 0.4) is 0 Å². The van der Waals surface area contributed by atoms with Crippen molar-refractivity contribution < 1.29 is 9.59 Å². The second-order valence-corrected chi connectivity index (χ2v) is 4.10. The summed E-state index contributed by atoms with van der Waals surface area (Å²) in [7, 11) is 0. The summed E-state index contributed by atoms with van der Waals surface area (Å²) in [6.45, 7) is 0. The SMILES string of the molecule is NC(=O)[C+]1CC2CCC1(C(N)=O)C2. The Hall–Kier alpha value is -1.19. The first-order valence-electron chi connectivity index (χ1n) is 4.52. The highest BCUT2D eigenvalue weighted by atomic mass is 16.2. The monoisotopic (exact) mass is 181 g/mol. The second kappa shape index (κ2) is 2.40. The number of primary amides is 2. The van der Waals surface area contributed by atoms with E-state index in [4.69, 9.17) is 11.5 Å². The quantitative estimate of drug-likeness (QED) is 0.574. The Morgan fingerprint density at radius 1 is 1.38 bits per heavy atom. The number of carbonyl (C=O) groups is 2. The van der Waals surface area contributed by atoms with Gasteiger partial charge < -0.3 is 11.5 Å². The van der Waals surface area contributed by atoms with Crippen LogP contribution in [0.2, 0.25) is 0 Å². The zero-order valence-corrected chi connectivity index (χ0v) is 7.38. The molecular weight excluding hydrogens is 168 g/mol. The Bertz CT molecular complexity index is 277. The summed E-state index contributed by atoms with van der Waals surface area (Å²) in [6, 6.07) is 0. The molecule has 0 aliphatic heterocycles. The molecule has 0 radical (unpaired) electrons. The maximum Gasteiger partial charge on any atom is 0.403 e.